The minimum absolute atomic E-state index is 0.00911. The van der Waals surface area contributed by atoms with Crippen LogP contribution < -0.4 is 5.32 Å². The van der Waals surface area contributed by atoms with Crippen LogP contribution in [0.4, 0.5) is 4.39 Å². The Morgan fingerprint density at radius 3 is 2.89 bits per heavy atom. The summed E-state index contributed by atoms with van der Waals surface area (Å²) >= 11 is 1.63. The molecule has 0 aliphatic rings. The summed E-state index contributed by atoms with van der Waals surface area (Å²) in [6.07, 6.45) is 0.930. The molecule has 100 valence electrons. The van der Waals surface area contributed by atoms with Crippen molar-refractivity contribution in [1.29, 1.82) is 0 Å². The molecule has 0 spiro atoms. The SMILES string of the molecule is CC(NC(=O)CCc1cccc(F)c1)c1cccs1. The van der Waals surface area contributed by atoms with E-state index < -0.39 is 0 Å². The van der Waals surface area contributed by atoms with E-state index in [1.54, 1.807) is 17.4 Å². The van der Waals surface area contributed by atoms with E-state index >= 15 is 0 Å². The summed E-state index contributed by atoms with van der Waals surface area (Å²) < 4.78 is 13.0. The Labute approximate surface area is 116 Å². The van der Waals surface area contributed by atoms with Crippen LogP contribution >= 0.6 is 11.3 Å². The zero-order valence-corrected chi connectivity index (χ0v) is 11.5. The molecular weight excluding hydrogens is 261 g/mol. The van der Waals surface area contributed by atoms with Gasteiger partial charge in [0, 0.05) is 11.3 Å². The third-order valence-electron chi connectivity index (χ3n) is 2.88. The summed E-state index contributed by atoms with van der Waals surface area (Å²) in [6, 6.07) is 10.4. The van der Waals surface area contributed by atoms with E-state index in [0.29, 0.717) is 12.8 Å². The van der Waals surface area contributed by atoms with Crippen molar-refractivity contribution < 1.29 is 9.18 Å². The first-order valence-electron chi connectivity index (χ1n) is 6.22. The quantitative estimate of drug-likeness (QED) is 0.887. The second kappa shape index (κ2) is 6.48. The van der Waals surface area contributed by atoms with E-state index in [9.17, 15) is 9.18 Å². The number of aryl methyl sites for hydroxylation is 1. The van der Waals surface area contributed by atoms with Gasteiger partial charge >= 0.3 is 0 Å². The fraction of sp³-hybridized carbons (Fsp3) is 0.267. The molecule has 0 aliphatic carbocycles. The summed E-state index contributed by atoms with van der Waals surface area (Å²) in [6.45, 7) is 1.96. The number of nitrogens with one attached hydrogen (secondary N) is 1. The largest absolute Gasteiger partial charge is 0.349 e. The second-order valence-electron chi connectivity index (χ2n) is 4.43. The first kappa shape index (κ1) is 13.7. The summed E-state index contributed by atoms with van der Waals surface area (Å²) in [4.78, 5) is 12.9. The summed E-state index contributed by atoms with van der Waals surface area (Å²) in [5.74, 6) is -0.268. The molecular formula is C15H16FNOS. The van der Waals surface area contributed by atoms with Gasteiger partial charge in [0.25, 0.3) is 0 Å². The van der Waals surface area contributed by atoms with Gasteiger partial charge in [-0.15, -0.1) is 11.3 Å². The Bertz CT molecular complexity index is 539. The second-order valence-corrected chi connectivity index (χ2v) is 5.41. The first-order valence-corrected chi connectivity index (χ1v) is 7.10. The van der Waals surface area contributed by atoms with Gasteiger partial charge in [-0.2, -0.15) is 0 Å². The van der Waals surface area contributed by atoms with E-state index in [-0.39, 0.29) is 17.8 Å². The summed E-state index contributed by atoms with van der Waals surface area (Å²) in [5, 5.41) is 4.94. The van der Waals surface area contributed by atoms with Gasteiger partial charge in [0.2, 0.25) is 5.91 Å². The molecule has 19 heavy (non-hydrogen) atoms. The van der Waals surface area contributed by atoms with E-state index in [1.165, 1.54) is 12.1 Å². The Morgan fingerprint density at radius 2 is 2.21 bits per heavy atom. The van der Waals surface area contributed by atoms with E-state index in [2.05, 4.69) is 5.32 Å². The maximum absolute atomic E-state index is 13.0. The molecule has 2 aromatic rings. The monoisotopic (exact) mass is 277 g/mol. The van der Waals surface area contributed by atoms with E-state index in [0.717, 1.165) is 10.4 Å². The van der Waals surface area contributed by atoms with Crippen LogP contribution in [-0.4, -0.2) is 5.91 Å². The fourth-order valence-electron chi connectivity index (χ4n) is 1.87. The zero-order valence-electron chi connectivity index (χ0n) is 10.7. The van der Waals surface area contributed by atoms with Crippen molar-refractivity contribution in [1.82, 2.24) is 5.32 Å². The molecule has 1 heterocycles. The van der Waals surface area contributed by atoms with Crippen LogP contribution in [0.1, 0.15) is 29.8 Å². The van der Waals surface area contributed by atoms with Crippen LogP contribution in [0, 0.1) is 5.82 Å². The number of halogens is 1. The van der Waals surface area contributed by atoms with E-state index in [1.807, 2.05) is 30.5 Å². The normalized spacial score (nSPS) is 12.1. The average Bonchev–Trinajstić information content (AvgIpc) is 2.90. The lowest BCUT2D eigenvalue weighted by atomic mass is 10.1. The molecule has 2 rings (SSSR count). The number of hydrogen-bond acceptors (Lipinski definition) is 2. The highest BCUT2D eigenvalue weighted by atomic mass is 32.1. The molecule has 1 atom stereocenters. The average molecular weight is 277 g/mol. The standard InChI is InChI=1S/C15H16FNOS/c1-11(14-6-3-9-19-14)17-15(18)8-7-12-4-2-5-13(16)10-12/h2-6,9-11H,7-8H2,1H3,(H,17,18). The van der Waals surface area contributed by atoms with Gasteiger partial charge in [0.15, 0.2) is 0 Å². The lowest BCUT2D eigenvalue weighted by Gasteiger charge is -2.12. The van der Waals surface area contributed by atoms with Crippen molar-refractivity contribution in [3.05, 3.63) is 58.0 Å². The van der Waals surface area contributed by atoms with E-state index in [4.69, 9.17) is 0 Å². The summed E-state index contributed by atoms with van der Waals surface area (Å²) in [7, 11) is 0. The molecule has 0 bridgehead atoms. The van der Waals surface area contributed by atoms with Crippen molar-refractivity contribution in [2.24, 2.45) is 0 Å². The van der Waals surface area contributed by atoms with Gasteiger partial charge in [-0.25, -0.2) is 4.39 Å². The maximum atomic E-state index is 13.0. The molecule has 1 N–H and O–H groups in total. The molecule has 0 saturated heterocycles. The van der Waals surface area contributed by atoms with Gasteiger partial charge in [-0.05, 0) is 42.5 Å². The number of carbonyl (C=O) groups excluding carboxylic acids is 1. The minimum atomic E-state index is -0.259. The van der Waals surface area contributed by atoms with Crippen molar-refractivity contribution in [2.45, 2.75) is 25.8 Å². The number of benzene rings is 1. The molecule has 0 fully saturated rings. The van der Waals surface area contributed by atoms with Gasteiger partial charge in [0.1, 0.15) is 5.82 Å². The molecule has 0 radical (unpaired) electrons. The smallest absolute Gasteiger partial charge is 0.220 e. The first-order chi connectivity index (χ1) is 9.15. The molecule has 4 heteroatoms. The highest BCUT2D eigenvalue weighted by molar-refractivity contribution is 7.10. The third-order valence-corrected chi connectivity index (χ3v) is 3.93. The Hall–Kier alpha value is -1.68. The predicted molar refractivity (Wildman–Crippen MR) is 75.6 cm³/mol. The van der Waals surface area contributed by atoms with Crippen LogP contribution in [-0.2, 0) is 11.2 Å². The Balaban J connectivity index is 1.82. The predicted octanol–water partition coefficient (Wildman–Crippen LogP) is 3.70. The molecule has 1 amide bonds. The van der Waals surface area contributed by atoms with Crippen molar-refractivity contribution in [3.63, 3.8) is 0 Å². The van der Waals surface area contributed by atoms with Crippen LogP contribution in [0.5, 0.6) is 0 Å². The maximum Gasteiger partial charge on any atom is 0.220 e. The van der Waals surface area contributed by atoms with Crippen LogP contribution in [0.3, 0.4) is 0 Å². The third kappa shape index (κ3) is 4.17. The Kier molecular flexibility index (Phi) is 4.68. The molecule has 1 aromatic heterocycles. The number of amides is 1. The molecule has 0 saturated carbocycles. The van der Waals surface area contributed by atoms with Crippen LogP contribution in [0.15, 0.2) is 41.8 Å². The molecule has 1 unspecified atom stereocenters. The van der Waals surface area contributed by atoms with Crippen molar-refractivity contribution in [3.8, 4) is 0 Å². The number of rotatable bonds is 5. The molecule has 1 aromatic carbocycles. The number of thiophene rings is 1. The van der Waals surface area contributed by atoms with Gasteiger partial charge in [0.05, 0.1) is 6.04 Å². The number of hydrogen-bond donors (Lipinski definition) is 1. The van der Waals surface area contributed by atoms with Crippen molar-refractivity contribution >= 4 is 17.2 Å². The van der Waals surface area contributed by atoms with Gasteiger partial charge < -0.3 is 5.32 Å². The Morgan fingerprint density at radius 1 is 1.37 bits per heavy atom. The minimum Gasteiger partial charge on any atom is -0.349 e. The van der Waals surface area contributed by atoms with Gasteiger partial charge in [-0.3, -0.25) is 4.79 Å². The number of carbonyl (C=O) groups is 1. The summed E-state index contributed by atoms with van der Waals surface area (Å²) in [5.41, 5.74) is 0.846. The lowest BCUT2D eigenvalue weighted by Crippen LogP contribution is -2.26. The highest BCUT2D eigenvalue weighted by Gasteiger charge is 2.10. The van der Waals surface area contributed by atoms with Crippen LogP contribution in [0.25, 0.3) is 0 Å². The molecule has 2 nitrogen and oxygen atoms in total. The molecule has 0 aliphatic heterocycles. The highest BCUT2D eigenvalue weighted by Crippen LogP contribution is 2.18. The lowest BCUT2D eigenvalue weighted by molar-refractivity contribution is -0.121. The fourth-order valence-corrected chi connectivity index (χ4v) is 2.61. The van der Waals surface area contributed by atoms with Crippen LogP contribution in [0.2, 0.25) is 0 Å². The zero-order chi connectivity index (χ0) is 13.7. The topological polar surface area (TPSA) is 29.1 Å². The van der Waals surface area contributed by atoms with Gasteiger partial charge in [-0.1, -0.05) is 18.2 Å². The van der Waals surface area contributed by atoms with Crippen molar-refractivity contribution in [2.75, 3.05) is 0 Å².